The van der Waals surface area contributed by atoms with Crippen LogP contribution in [-0.2, 0) is 50.9 Å². The van der Waals surface area contributed by atoms with Crippen LogP contribution >= 0.6 is 22.6 Å². The first-order chi connectivity index (χ1) is 24.3. The Kier molecular flexibility index (Phi) is 22.9. The number of hydrogen-bond donors (Lipinski definition) is 0. The molecule has 0 aliphatic rings. The SMILES string of the molecule is CCCCOP(=O)(OCCCC)C(C(=NC(C)=O)OCC)P(=O)(Oc1ccccc1)C(C(=NC(C)=O)OCC)P(=O)(OCCCC)OCCCC. The Morgan fingerprint density at radius 1 is 0.588 bits per heavy atom. The second-order valence-electron chi connectivity index (χ2n) is 11.4. The van der Waals surface area contributed by atoms with E-state index in [4.69, 9.17) is 32.1 Å². The molecule has 0 radical (unpaired) electrons. The third kappa shape index (κ3) is 15.4. The van der Waals surface area contributed by atoms with E-state index in [0.29, 0.717) is 51.4 Å². The van der Waals surface area contributed by atoms with Gasteiger partial charge in [-0.25, -0.2) is 0 Å². The zero-order valence-electron chi connectivity index (χ0n) is 31.6. The molecule has 0 N–H and O–H groups in total. The van der Waals surface area contributed by atoms with Crippen molar-refractivity contribution in [2.75, 3.05) is 39.6 Å². The summed E-state index contributed by atoms with van der Waals surface area (Å²) < 4.78 is 89.8. The summed E-state index contributed by atoms with van der Waals surface area (Å²) in [6.07, 6.45) is 4.32. The fourth-order valence-corrected chi connectivity index (χ4v) is 14.7. The van der Waals surface area contributed by atoms with Gasteiger partial charge in [0.15, 0.2) is 0 Å². The lowest BCUT2D eigenvalue weighted by Gasteiger charge is -2.38. The molecule has 51 heavy (non-hydrogen) atoms. The van der Waals surface area contributed by atoms with E-state index in [0.717, 1.165) is 13.8 Å². The van der Waals surface area contributed by atoms with Gasteiger partial charge in [-0.3, -0.25) is 23.3 Å². The first-order valence-corrected chi connectivity index (χ1v) is 22.9. The van der Waals surface area contributed by atoms with Gasteiger partial charge in [-0.1, -0.05) is 71.6 Å². The number of nitrogens with zero attached hydrogens (tertiary/aromatic N) is 2. The molecule has 0 bridgehead atoms. The number of carbonyl (C=O) groups excluding carboxylic acids is 2. The number of aliphatic imine (C=N–C) groups is 2. The van der Waals surface area contributed by atoms with Crippen molar-refractivity contribution in [3.63, 3.8) is 0 Å². The standard InChI is InChI=1S/C34H59N2O12P3/c1-9-15-24-44-50(40,45-25-16-10-2)33(31(42-13-5)35-28(7)37)49(39,48-30-22-20-19-21-23-30)34(32(43-14-6)36-29(8)38)51(41,46-26-17-11-3)47-27-18-12-4/h19-23,33-34H,9-18,24-27H2,1-8H3. The second-order valence-corrected chi connectivity index (χ2v) is 19.0. The summed E-state index contributed by atoms with van der Waals surface area (Å²) in [5.74, 6) is -2.79. The summed E-state index contributed by atoms with van der Waals surface area (Å²) in [4.78, 5) is 33.5. The maximum atomic E-state index is 16.6. The highest BCUT2D eigenvalue weighted by Crippen LogP contribution is 2.79. The lowest BCUT2D eigenvalue weighted by molar-refractivity contribution is -0.116. The van der Waals surface area contributed by atoms with Gasteiger partial charge in [-0.2, -0.15) is 9.98 Å². The number of ether oxygens (including phenoxy) is 2. The maximum Gasteiger partial charge on any atom is 0.353 e. The second kappa shape index (κ2) is 25.0. The monoisotopic (exact) mass is 780 g/mol. The third-order valence-electron chi connectivity index (χ3n) is 6.91. The molecule has 17 heteroatoms. The number of rotatable bonds is 26. The fraction of sp³-hybridized carbons (Fsp3) is 0.706. The predicted molar refractivity (Wildman–Crippen MR) is 200 cm³/mol. The molecule has 0 spiro atoms. The zero-order chi connectivity index (χ0) is 38.3. The van der Waals surface area contributed by atoms with E-state index in [1.807, 2.05) is 27.7 Å². The molecule has 0 saturated heterocycles. The highest BCUT2D eigenvalue weighted by atomic mass is 31.3. The van der Waals surface area contributed by atoms with E-state index in [9.17, 15) is 9.59 Å². The molecule has 0 heterocycles. The molecule has 2 unspecified atom stereocenters. The fourth-order valence-electron chi connectivity index (χ4n) is 4.49. The number of hydrogen-bond acceptors (Lipinski definition) is 12. The Morgan fingerprint density at radius 3 is 1.20 bits per heavy atom. The van der Waals surface area contributed by atoms with Crippen molar-refractivity contribution in [3.8, 4) is 5.75 Å². The summed E-state index contributed by atoms with van der Waals surface area (Å²) in [7, 11) is -14.8. The molecule has 292 valence electrons. The Labute approximate surface area is 304 Å². The minimum Gasteiger partial charge on any atom is -0.480 e. The first kappa shape index (κ1) is 46.9. The van der Waals surface area contributed by atoms with Crippen molar-refractivity contribution < 1.29 is 55.4 Å². The molecule has 0 aliphatic heterocycles. The van der Waals surface area contributed by atoms with Crippen LogP contribution < -0.4 is 4.52 Å². The van der Waals surface area contributed by atoms with Gasteiger partial charge in [0.25, 0.3) is 7.37 Å². The molecule has 0 fully saturated rings. The molecule has 0 aliphatic carbocycles. The Morgan fingerprint density at radius 2 is 0.922 bits per heavy atom. The molecular formula is C34H59N2O12P3. The van der Waals surface area contributed by atoms with Crippen LogP contribution in [0, 0.1) is 0 Å². The van der Waals surface area contributed by atoms with Crippen molar-refractivity contribution in [3.05, 3.63) is 30.3 Å². The molecule has 1 aromatic carbocycles. The molecular weight excluding hydrogens is 721 g/mol. The largest absolute Gasteiger partial charge is 0.480 e. The van der Waals surface area contributed by atoms with Crippen LogP contribution in [0.25, 0.3) is 0 Å². The van der Waals surface area contributed by atoms with Crippen molar-refractivity contribution in [1.29, 1.82) is 0 Å². The van der Waals surface area contributed by atoms with Gasteiger partial charge < -0.3 is 32.1 Å². The Balaban J connectivity index is 4.66. The van der Waals surface area contributed by atoms with Crippen LogP contribution in [0.15, 0.2) is 40.3 Å². The Bertz CT molecular complexity index is 1280. The number of benzene rings is 1. The highest BCUT2D eigenvalue weighted by molar-refractivity contribution is 7.85. The molecule has 1 aromatic rings. The van der Waals surface area contributed by atoms with Gasteiger partial charge in [-0.15, -0.1) is 0 Å². The minimum absolute atomic E-state index is 0.0180. The zero-order valence-corrected chi connectivity index (χ0v) is 34.3. The van der Waals surface area contributed by atoms with Crippen molar-refractivity contribution in [2.24, 2.45) is 9.98 Å². The number of carbonyl (C=O) groups is 2. The van der Waals surface area contributed by atoms with Gasteiger partial charge in [0.05, 0.1) is 39.6 Å². The number of unbranched alkanes of at least 4 members (excludes halogenated alkanes) is 4. The highest BCUT2D eigenvalue weighted by Gasteiger charge is 2.66. The normalized spacial score (nSPS) is 15.1. The van der Waals surface area contributed by atoms with Gasteiger partial charge in [-0.05, 0) is 51.7 Å². The average molecular weight is 781 g/mol. The first-order valence-electron chi connectivity index (χ1n) is 17.9. The van der Waals surface area contributed by atoms with Gasteiger partial charge in [0.2, 0.25) is 34.4 Å². The molecule has 2 amide bonds. The maximum absolute atomic E-state index is 16.6. The predicted octanol–water partition coefficient (Wildman–Crippen LogP) is 9.61. The van der Waals surface area contributed by atoms with E-state index in [2.05, 4.69) is 9.98 Å². The van der Waals surface area contributed by atoms with Crippen LogP contribution in [0.2, 0.25) is 0 Å². The van der Waals surface area contributed by atoms with Gasteiger partial charge >= 0.3 is 15.2 Å². The summed E-state index contributed by atoms with van der Waals surface area (Å²) in [5, 5.41) is -4.27. The van der Waals surface area contributed by atoms with E-state index >= 15 is 13.7 Å². The molecule has 1 rings (SSSR count). The molecule has 2 atom stereocenters. The van der Waals surface area contributed by atoms with Crippen molar-refractivity contribution >= 4 is 46.2 Å². The van der Waals surface area contributed by atoms with Crippen LogP contribution in [0.3, 0.4) is 0 Å². The Hall–Kier alpha value is -2.17. The van der Waals surface area contributed by atoms with Gasteiger partial charge in [0.1, 0.15) is 5.75 Å². The van der Waals surface area contributed by atoms with Crippen LogP contribution in [0.4, 0.5) is 0 Å². The number of amides is 2. The van der Waals surface area contributed by atoms with Gasteiger partial charge in [0, 0.05) is 13.8 Å². The summed E-state index contributed by atoms with van der Waals surface area (Å²) in [6.45, 7) is 12.4. The van der Waals surface area contributed by atoms with Crippen LogP contribution in [0.5, 0.6) is 5.75 Å². The topological polar surface area (TPSA) is 175 Å². The summed E-state index contributed by atoms with van der Waals surface area (Å²) in [5.41, 5.74) is 0. The van der Waals surface area contributed by atoms with Crippen LogP contribution in [0.1, 0.15) is 107 Å². The van der Waals surface area contributed by atoms with Crippen molar-refractivity contribution in [2.45, 2.75) is 118 Å². The number of para-hydroxylation sites is 1. The van der Waals surface area contributed by atoms with E-state index in [-0.39, 0.29) is 45.4 Å². The van der Waals surface area contributed by atoms with Crippen LogP contribution in [-0.4, -0.2) is 74.1 Å². The lowest BCUT2D eigenvalue weighted by Crippen LogP contribution is -2.38. The lowest BCUT2D eigenvalue weighted by atomic mass is 10.3. The quantitative estimate of drug-likeness (QED) is 0.0377. The smallest absolute Gasteiger partial charge is 0.353 e. The van der Waals surface area contributed by atoms with E-state index < -0.39 is 57.0 Å². The molecule has 0 aromatic heterocycles. The molecule has 0 saturated carbocycles. The summed E-state index contributed by atoms with van der Waals surface area (Å²) in [6, 6.07) is 7.86. The van der Waals surface area contributed by atoms with E-state index in [1.165, 1.54) is 12.1 Å². The third-order valence-corrected chi connectivity index (χ3v) is 16.6. The van der Waals surface area contributed by atoms with Crippen molar-refractivity contribution in [1.82, 2.24) is 0 Å². The summed E-state index contributed by atoms with van der Waals surface area (Å²) >= 11 is 0. The minimum atomic E-state index is -5.23. The van der Waals surface area contributed by atoms with E-state index in [1.54, 1.807) is 32.0 Å². The average Bonchev–Trinajstić information content (AvgIpc) is 3.05. The molecule has 14 nitrogen and oxygen atoms in total.